The maximum Gasteiger partial charge on any atom is 0.0730 e. The van der Waals surface area contributed by atoms with Crippen LogP contribution in [0, 0.1) is 0 Å². The molecule has 1 atom stereocenters. The molecule has 3 heteroatoms. The van der Waals surface area contributed by atoms with Crippen LogP contribution in [-0.2, 0) is 4.79 Å². The van der Waals surface area contributed by atoms with Gasteiger partial charge in [-0.05, 0) is 6.42 Å². The summed E-state index contributed by atoms with van der Waals surface area (Å²) < 4.78 is 0. The van der Waals surface area contributed by atoms with E-state index in [1.165, 1.54) is 0 Å². The van der Waals surface area contributed by atoms with Gasteiger partial charge in [-0.25, -0.2) is 0 Å². The van der Waals surface area contributed by atoms with Gasteiger partial charge in [0.25, 0.3) is 0 Å². The van der Waals surface area contributed by atoms with Crippen molar-refractivity contribution in [2.75, 3.05) is 0 Å². The number of alkyl halides is 1. The Kier molecular flexibility index (Phi) is 3.61. The van der Waals surface area contributed by atoms with E-state index < -0.39 is 11.3 Å². The molecular weight excluding hydrogens is 128 g/mol. The van der Waals surface area contributed by atoms with E-state index >= 15 is 0 Å². The van der Waals surface area contributed by atoms with E-state index in [1.54, 1.807) is 0 Å². The second kappa shape index (κ2) is 3.72. The number of carbonyl (C=O) groups excluding carboxylic acids is 1. The summed E-state index contributed by atoms with van der Waals surface area (Å²) in [5.41, 5.74) is 0. The number of carbonyl (C=O) groups is 1. The summed E-state index contributed by atoms with van der Waals surface area (Å²) in [6, 6.07) is 0. The van der Waals surface area contributed by atoms with Gasteiger partial charge >= 0.3 is 0 Å². The fourth-order valence-electron chi connectivity index (χ4n) is 0.371. The van der Waals surface area contributed by atoms with Crippen molar-refractivity contribution in [1.29, 1.82) is 0 Å². The first-order valence-corrected chi connectivity index (χ1v) is 2.97. The lowest BCUT2D eigenvalue weighted by Crippen LogP contribution is -2.31. The number of rotatable bonds is 3. The second-order valence-electron chi connectivity index (χ2n) is 1.58. The number of hydrogen-bond acceptors (Lipinski definition) is 2. The fourth-order valence-corrected chi connectivity index (χ4v) is 0.590. The quantitative estimate of drug-likeness (QED) is 0.517. The third-order valence-corrected chi connectivity index (χ3v) is 1.19. The molecule has 0 bridgehead atoms. The lowest BCUT2D eigenvalue weighted by atomic mass is 10.2. The van der Waals surface area contributed by atoms with Crippen molar-refractivity contribution in [3.63, 3.8) is 0 Å². The molecule has 0 aliphatic carbocycles. The SMILES string of the molecule is CCCC(Cl)C(=O)[O-]. The first kappa shape index (κ1) is 7.76. The molecule has 8 heavy (non-hydrogen) atoms. The van der Waals surface area contributed by atoms with Crippen LogP contribution in [0.5, 0.6) is 0 Å². The zero-order chi connectivity index (χ0) is 6.57. The monoisotopic (exact) mass is 135 g/mol. The largest absolute Gasteiger partial charge is 0.549 e. The molecule has 0 N–H and O–H groups in total. The second-order valence-corrected chi connectivity index (χ2v) is 2.10. The van der Waals surface area contributed by atoms with Crippen molar-refractivity contribution in [1.82, 2.24) is 0 Å². The van der Waals surface area contributed by atoms with Gasteiger partial charge in [-0.2, -0.15) is 0 Å². The van der Waals surface area contributed by atoms with Crippen LogP contribution >= 0.6 is 11.6 Å². The lowest BCUT2D eigenvalue weighted by molar-refractivity contribution is -0.305. The number of carboxylic acids is 1. The average molecular weight is 136 g/mol. The highest BCUT2D eigenvalue weighted by molar-refractivity contribution is 6.29. The van der Waals surface area contributed by atoms with Crippen LogP contribution in [0.2, 0.25) is 0 Å². The van der Waals surface area contributed by atoms with Crippen molar-refractivity contribution in [3.05, 3.63) is 0 Å². The van der Waals surface area contributed by atoms with Gasteiger partial charge in [-0.15, -0.1) is 11.6 Å². The normalized spacial score (nSPS) is 13.2. The molecule has 0 radical (unpaired) electrons. The number of hydrogen-bond donors (Lipinski definition) is 0. The average Bonchev–Trinajstić information content (AvgIpc) is 1.67. The molecule has 0 aromatic carbocycles. The molecule has 0 saturated heterocycles. The predicted molar refractivity (Wildman–Crippen MR) is 29.6 cm³/mol. The Hall–Kier alpha value is -0.240. The van der Waals surface area contributed by atoms with E-state index in [0.29, 0.717) is 6.42 Å². The van der Waals surface area contributed by atoms with Gasteiger partial charge in [-0.3, -0.25) is 0 Å². The van der Waals surface area contributed by atoms with Crippen molar-refractivity contribution in [2.45, 2.75) is 25.1 Å². The molecule has 48 valence electrons. The summed E-state index contributed by atoms with van der Waals surface area (Å²) in [7, 11) is 0. The van der Waals surface area contributed by atoms with Crippen LogP contribution in [0.3, 0.4) is 0 Å². The first-order chi connectivity index (χ1) is 3.68. The Labute approximate surface area is 53.5 Å². The Balaban J connectivity index is 3.32. The smallest absolute Gasteiger partial charge is 0.0730 e. The van der Waals surface area contributed by atoms with E-state index in [2.05, 4.69) is 0 Å². The Bertz CT molecular complexity index is 82.5. The zero-order valence-corrected chi connectivity index (χ0v) is 5.44. The molecule has 1 unspecified atom stereocenters. The minimum atomic E-state index is -1.17. The maximum atomic E-state index is 9.85. The molecule has 0 spiro atoms. The molecule has 0 amide bonds. The molecule has 0 aliphatic heterocycles. The lowest BCUT2D eigenvalue weighted by Gasteiger charge is -2.06. The molecule has 0 aromatic rings. The predicted octanol–water partition coefficient (Wildman–Crippen LogP) is 0.144. The highest BCUT2D eigenvalue weighted by atomic mass is 35.5. The van der Waals surface area contributed by atoms with Crippen LogP contribution in [0.25, 0.3) is 0 Å². The molecule has 0 saturated carbocycles. The molecule has 2 nitrogen and oxygen atoms in total. The standard InChI is InChI=1S/C5H9ClO2/c1-2-3-4(6)5(7)8/h4H,2-3H2,1H3,(H,7,8)/p-1. The summed E-state index contributed by atoms with van der Waals surface area (Å²) in [5.74, 6) is -1.17. The van der Waals surface area contributed by atoms with Gasteiger partial charge in [0, 0.05) is 0 Å². The topological polar surface area (TPSA) is 40.1 Å². The minimum Gasteiger partial charge on any atom is -0.549 e. The zero-order valence-electron chi connectivity index (χ0n) is 4.69. The van der Waals surface area contributed by atoms with Gasteiger partial charge in [0.05, 0.1) is 11.3 Å². The number of aliphatic carboxylic acids is 1. The fraction of sp³-hybridized carbons (Fsp3) is 0.800. The number of carboxylic acid groups (broad SMARTS) is 1. The maximum absolute atomic E-state index is 9.85. The van der Waals surface area contributed by atoms with Crippen molar-refractivity contribution < 1.29 is 9.90 Å². The van der Waals surface area contributed by atoms with Crippen LogP contribution in [0.1, 0.15) is 19.8 Å². The van der Waals surface area contributed by atoms with E-state index in [4.69, 9.17) is 11.6 Å². The molecular formula is C5H8ClO2-. The molecule has 0 aliphatic rings. The molecule has 0 heterocycles. The first-order valence-electron chi connectivity index (χ1n) is 2.53. The Morgan fingerprint density at radius 2 is 2.38 bits per heavy atom. The van der Waals surface area contributed by atoms with Gasteiger partial charge in [0.2, 0.25) is 0 Å². The third kappa shape index (κ3) is 2.86. The van der Waals surface area contributed by atoms with E-state index in [9.17, 15) is 9.90 Å². The van der Waals surface area contributed by atoms with E-state index in [1.807, 2.05) is 6.92 Å². The van der Waals surface area contributed by atoms with Crippen molar-refractivity contribution in [2.24, 2.45) is 0 Å². The van der Waals surface area contributed by atoms with Gasteiger partial charge in [0.15, 0.2) is 0 Å². The van der Waals surface area contributed by atoms with Crippen LogP contribution < -0.4 is 5.11 Å². The van der Waals surface area contributed by atoms with E-state index in [0.717, 1.165) is 6.42 Å². The number of halogens is 1. The van der Waals surface area contributed by atoms with Gasteiger partial charge < -0.3 is 9.90 Å². The Morgan fingerprint density at radius 1 is 1.88 bits per heavy atom. The summed E-state index contributed by atoms with van der Waals surface area (Å²) in [4.78, 5) is 9.85. The summed E-state index contributed by atoms with van der Waals surface area (Å²) in [5, 5.41) is 9.04. The Morgan fingerprint density at radius 3 is 2.50 bits per heavy atom. The third-order valence-electron chi connectivity index (χ3n) is 0.798. The summed E-state index contributed by atoms with van der Waals surface area (Å²) >= 11 is 5.25. The summed E-state index contributed by atoms with van der Waals surface area (Å²) in [6.07, 6.45) is 1.27. The highest BCUT2D eigenvalue weighted by Crippen LogP contribution is 2.02. The van der Waals surface area contributed by atoms with Crippen LogP contribution in [0.4, 0.5) is 0 Å². The van der Waals surface area contributed by atoms with Crippen molar-refractivity contribution >= 4 is 17.6 Å². The van der Waals surface area contributed by atoms with Crippen LogP contribution in [-0.4, -0.2) is 11.3 Å². The minimum absolute atomic E-state index is 0.490. The van der Waals surface area contributed by atoms with Crippen LogP contribution in [0.15, 0.2) is 0 Å². The van der Waals surface area contributed by atoms with Crippen molar-refractivity contribution in [3.8, 4) is 0 Å². The molecule has 0 aromatic heterocycles. The van der Waals surface area contributed by atoms with E-state index in [-0.39, 0.29) is 0 Å². The molecule has 0 rings (SSSR count). The van der Waals surface area contributed by atoms with Gasteiger partial charge in [-0.1, -0.05) is 13.3 Å². The summed E-state index contributed by atoms with van der Waals surface area (Å²) in [6.45, 7) is 1.87. The highest BCUT2D eigenvalue weighted by Gasteiger charge is 2.00. The van der Waals surface area contributed by atoms with Gasteiger partial charge in [0.1, 0.15) is 0 Å². The molecule has 0 fully saturated rings.